The minimum Gasteiger partial charge on any atom is -0.433 e. The van der Waals surface area contributed by atoms with E-state index in [0.717, 1.165) is 6.42 Å². The third-order valence-corrected chi connectivity index (χ3v) is 5.87. The molecule has 7 atom stereocenters. The van der Waals surface area contributed by atoms with Gasteiger partial charge in [0.05, 0.1) is 5.92 Å². The zero-order valence-electron chi connectivity index (χ0n) is 10.1. The predicted octanol–water partition coefficient (Wildman–Crippen LogP) is 1.59. The molecular weight excluding hydrogens is 240 g/mol. The van der Waals surface area contributed by atoms with Crippen LogP contribution in [0, 0.1) is 23.7 Å². The molecular formula is C12H16O4S. The smallest absolute Gasteiger partial charge is 0.312 e. The van der Waals surface area contributed by atoms with Gasteiger partial charge in [-0.3, -0.25) is 4.79 Å². The molecule has 5 heteroatoms. The molecule has 4 fully saturated rings. The number of hydrogen-bond donors (Lipinski definition) is 0. The Morgan fingerprint density at radius 2 is 2.06 bits per heavy atom. The Kier molecular flexibility index (Phi) is 1.77. The maximum atomic E-state index is 11.9. The minimum absolute atomic E-state index is 0.0235. The summed E-state index contributed by atoms with van der Waals surface area (Å²) in [7, 11) is 0. The molecule has 3 saturated heterocycles. The van der Waals surface area contributed by atoms with Gasteiger partial charge in [-0.25, -0.2) is 0 Å². The van der Waals surface area contributed by atoms with Crippen LogP contribution >= 0.6 is 11.8 Å². The molecule has 3 aliphatic heterocycles. The van der Waals surface area contributed by atoms with Gasteiger partial charge in [0.25, 0.3) is 0 Å². The van der Waals surface area contributed by atoms with Crippen LogP contribution in [0.1, 0.15) is 20.3 Å². The first kappa shape index (κ1) is 10.6. The van der Waals surface area contributed by atoms with Crippen LogP contribution in [-0.2, 0) is 19.0 Å². The number of esters is 1. The summed E-state index contributed by atoms with van der Waals surface area (Å²) in [5, 5.41) is 0. The van der Waals surface area contributed by atoms with E-state index in [9.17, 15) is 4.79 Å². The van der Waals surface area contributed by atoms with Gasteiger partial charge in [-0.2, -0.15) is 0 Å². The van der Waals surface area contributed by atoms with Gasteiger partial charge in [0.15, 0.2) is 5.79 Å². The highest BCUT2D eigenvalue weighted by Crippen LogP contribution is 2.68. The molecule has 4 aliphatic rings. The molecule has 0 N–H and O–H groups in total. The Hall–Kier alpha value is -0.260. The Balaban J connectivity index is 1.82. The van der Waals surface area contributed by atoms with Crippen molar-refractivity contribution in [3.8, 4) is 0 Å². The van der Waals surface area contributed by atoms with Crippen molar-refractivity contribution < 1.29 is 19.0 Å². The van der Waals surface area contributed by atoms with E-state index in [1.165, 1.54) is 0 Å². The average Bonchev–Trinajstić information content (AvgIpc) is 2.85. The first-order chi connectivity index (χ1) is 7.98. The zero-order chi connectivity index (χ0) is 12.0. The Labute approximate surface area is 104 Å². The Morgan fingerprint density at radius 1 is 1.29 bits per heavy atom. The third kappa shape index (κ3) is 1.03. The molecule has 0 amide bonds. The second kappa shape index (κ2) is 2.83. The highest BCUT2D eigenvalue weighted by atomic mass is 32.2. The lowest BCUT2D eigenvalue weighted by Crippen LogP contribution is -2.35. The Morgan fingerprint density at radius 3 is 2.76 bits per heavy atom. The van der Waals surface area contributed by atoms with Crippen LogP contribution in [0.3, 0.4) is 0 Å². The van der Waals surface area contributed by atoms with Crippen molar-refractivity contribution in [1.82, 2.24) is 0 Å². The number of carbonyl (C=O) groups is 1. The van der Waals surface area contributed by atoms with Gasteiger partial charge < -0.3 is 14.2 Å². The van der Waals surface area contributed by atoms with Crippen LogP contribution in [0.4, 0.5) is 0 Å². The van der Waals surface area contributed by atoms with Gasteiger partial charge in [-0.05, 0) is 19.6 Å². The fourth-order valence-corrected chi connectivity index (χ4v) is 5.50. The molecule has 4 nitrogen and oxygen atoms in total. The normalized spacial score (nSPS) is 63.0. The van der Waals surface area contributed by atoms with Gasteiger partial charge >= 0.3 is 5.97 Å². The second-order valence-corrected chi connectivity index (χ2v) is 6.77. The molecule has 0 radical (unpaired) electrons. The molecule has 1 aliphatic carbocycles. The zero-order valence-corrected chi connectivity index (χ0v) is 11.0. The van der Waals surface area contributed by atoms with Crippen LogP contribution in [0.5, 0.6) is 0 Å². The molecule has 4 rings (SSSR count). The van der Waals surface area contributed by atoms with Crippen molar-refractivity contribution in [1.29, 1.82) is 0 Å². The number of rotatable bonds is 1. The van der Waals surface area contributed by atoms with Crippen LogP contribution in [0.25, 0.3) is 0 Å². The van der Waals surface area contributed by atoms with E-state index in [4.69, 9.17) is 14.2 Å². The summed E-state index contributed by atoms with van der Waals surface area (Å²) in [6.07, 6.45) is 2.95. The van der Waals surface area contributed by atoms with Gasteiger partial charge in [0.2, 0.25) is 5.79 Å². The van der Waals surface area contributed by atoms with E-state index < -0.39 is 11.6 Å². The van der Waals surface area contributed by atoms with Crippen molar-refractivity contribution >= 4 is 17.7 Å². The molecule has 1 saturated carbocycles. The van der Waals surface area contributed by atoms with Crippen molar-refractivity contribution in [3.05, 3.63) is 0 Å². The molecule has 17 heavy (non-hydrogen) atoms. The molecule has 0 aromatic rings. The van der Waals surface area contributed by atoms with Gasteiger partial charge in [-0.15, -0.1) is 11.8 Å². The predicted molar refractivity (Wildman–Crippen MR) is 61.0 cm³/mol. The number of carbonyl (C=O) groups excluding carboxylic acids is 1. The number of hydrogen-bond acceptors (Lipinski definition) is 5. The second-order valence-electron chi connectivity index (χ2n) is 5.83. The van der Waals surface area contributed by atoms with Gasteiger partial charge in [-0.1, -0.05) is 0 Å². The lowest BCUT2D eigenvalue weighted by atomic mass is 9.83. The summed E-state index contributed by atoms with van der Waals surface area (Å²) in [5.41, 5.74) is 0.160. The third-order valence-electron chi connectivity index (χ3n) is 4.96. The van der Waals surface area contributed by atoms with E-state index in [1.54, 1.807) is 11.8 Å². The van der Waals surface area contributed by atoms with Crippen molar-refractivity contribution in [2.45, 2.75) is 37.3 Å². The summed E-state index contributed by atoms with van der Waals surface area (Å²) in [4.78, 5) is 11.9. The van der Waals surface area contributed by atoms with Crippen LogP contribution in [0.2, 0.25) is 0 Å². The standard InChI is InChI=1S/C12H16O4S/c1-11-7-5(9(13)14-11)4-6-8(7)12(2,16-11)15-10(6)17-3/h5-8,10H,4H2,1-3H3/t5?,6?,7?,8?,10-,11?,12?/m0/s1. The van der Waals surface area contributed by atoms with Gasteiger partial charge in [0.1, 0.15) is 5.44 Å². The van der Waals surface area contributed by atoms with Crippen molar-refractivity contribution in [3.63, 3.8) is 0 Å². The van der Waals surface area contributed by atoms with Gasteiger partial charge in [0, 0.05) is 24.7 Å². The summed E-state index contributed by atoms with van der Waals surface area (Å²) in [5.74, 6) is -0.445. The molecule has 6 unspecified atom stereocenters. The monoisotopic (exact) mass is 256 g/mol. The summed E-state index contributed by atoms with van der Waals surface area (Å²) < 4.78 is 17.5. The minimum atomic E-state index is -0.751. The lowest BCUT2D eigenvalue weighted by Gasteiger charge is -2.28. The number of ether oxygens (including phenoxy) is 3. The highest BCUT2D eigenvalue weighted by Gasteiger charge is 2.77. The highest BCUT2D eigenvalue weighted by molar-refractivity contribution is 7.99. The maximum absolute atomic E-state index is 11.9. The molecule has 0 spiro atoms. The summed E-state index contributed by atoms with van der Waals surface area (Å²) in [6.45, 7) is 3.89. The largest absolute Gasteiger partial charge is 0.433 e. The van der Waals surface area contributed by atoms with E-state index >= 15 is 0 Å². The molecule has 94 valence electrons. The first-order valence-corrected chi connectivity index (χ1v) is 7.41. The summed E-state index contributed by atoms with van der Waals surface area (Å²) in [6, 6.07) is 0. The van der Waals surface area contributed by atoms with Crippen LogP contribution < -0.4 is 0 Å². The number of thioether (sulfide) groups is 1. The molecule has 0 aromatic heterocycles. The first-order valence-electron chi connectivity index (χ1n) is 6.12. The maximum Gasteiger partial charge on any atom is 0.312 e. The molecule has 0 aromatic carbocycles. The van der Waals surface area contributed by atoms with E-state index in [-0.39, 0.29) is 23.2 Å². The lowest BCUT2D eigenvalue weighted by molar-refractivity contribution is -0.289. The van der Waals surface area contributed by atoms with Crippen LogP contribution in [-0.4, -0.2) is 29.2 Å². The summed E-state index contributed by atoms with van der Waals surface area (Å²) >= 11 is 1.72. The van der Waals surface area contributed by atoms with Crippen molar-refractivity contribution in [2.24, 2.45) is 23.7 Å². The average molecular weight is 256 g/mol. The quantitative estimate of drug-likeness (QED) is 0.667. The molecule has 3 heterocycles. The van der Waals surface area contributed by atoms with Crippen LogP contribution in [0.15, 0.2) is 0 Å². The topological polar surface area (TPSA) is 44.8 Å². The fourth-order valence-electron chi connectivity index (χ4n) is 4.58. The van der Waals surface area contributed by atoms with Crippen molar-refractivity contribution in [2.75, 3.05) is 6.26 Å². The SMILES string of the molecule is CS[C@@H]1OC2(C)OC3(C)OC(=O)C4CC1C2C43. The Bertz CT molecular complexity index is 413. The van der Waals surface area contributed by atoms with E-state index in [0.29, 0.717) is 11.8 Å². The molecule has 0 bridgehead atoms. The van der Waals surface area contributed by atoms with E-state index in [1.807, 2.05) is 13.8 Å². The van der Waals surface area contributed by atoms with E-state index in [2.05, 4.69) is 6.26 Å². The fraction of sp³-hybridized carbons (Fsp3) is 0.917.